The number of hydrogen-bond acceptors (Lipinski definition) is 0. The van der Waals surface area contributed by atoms with Gasteiger partial charge in [-0.1, -0.05) is 0 Å². The molecule has 0 aliphatic rings. The van der Waals surface area contributed by atoms with Crippen LogP contribution < -0.4 is 24.8 Å². The first-order chi connectivity index (χ1) is 1.91. The van der Waals surface area contributed by atoms with Crippen LogP contribution in [0.25, 0.3) is 0 Å². The maximum Gasteiger partial charge on any atom is -0.0149 e. The van der Waals surface area contributed by atoms with Gasteiger partial charge in [-0.05, 0) is 11.0 Å². The molecule has 0 aromatic rings. The Morgan fingerprint density at radius 2 is 1.57 bits per heavy atom. The van der Waals surface area contributed by atoms with Crippen LogP contribution in [0.4, 0.5) is 0 Å². The molecule has 4 heteroatoms. The summed E-state index contributed by atoms with van der Waals surface area (Å²) in [4.78, 5) is 0. The zero-order chi connectivity index (χ0) is 3.41. The van der Waals surface area contributed by atoms with Crippen molar-refractivity contribution >= 4 is 11.0 Å². The summed E-state index contributed by atoms with van der Waals surface area (Å²) in [5, 5.41) is 0. The Balaban J connectivity index is -0.0000000150. The van der Waals surface area contributed by atoms with Gasteiger partial charge in [0.15, 0.2) is 0 Å². The molecule has 0 aliphatic carbocycles. The summed E-state index contributed by atoms with van der Waals surface area (Å²) in [7, 11) is 0. The van der Waals surface area contributed by atoms with Gasteiger partial charge in [-0.25, -0.2) is 0 Å². The molecule has 0 saturated heterocycles. The fourth-order valence-corrected chi connectivity index (χ4v) is 0. The summed E-state index contributed by atoms with van der Waals surface area (Å²) >= 11 is 1.55. The van der Waals surface area contributed by atoms with E-state index in [0.29, 0.717) is 0 Å². The van der Waals surface area contributed by atoms with Gasteiger partial charge in [0.2, 0.25) is 0 Å². The first-order valence-electron chi connectivity index (χ1n) is 1.17. The Bertz CT molecular complexity index is 26.9. The molecule has 0 radical (unpaired) electrons. The van der Waals surface area contributed by atoms with Gasteiger partial charge in [-0.3, -0.25) is 0 Å². The van der Waals surface area contributed by atoms with E-state index < -0.39 is 0 Å². The molecule has 0 nitrogen and oxygen atoms in total. The predicted octanol–water partition coefficient (Wildman–Crippen LogP) is -6.31. The molecule has 0 amide bonds. The Kier molecular flexibility index (Phi) is 88.6. The fourth-order valence-electron chi connectivity index (χ4n) is 0. The number of allylic oxidation sites excluding steroid dienone is 1. The molecular formula is C3H9Cl2SiZr. The minimum atomic E-state index is 0. The standard InChI is InChI=1S/C3H5.2ClH.H4Si.Zr/c1-3-2;;;;/h3H,1-2H2;2*1H;1H4;/q;;;;+2/p-2. The largest absolute Gasteiger partial charge is 1.00 e. The summed E-state index contributed by atoms with van der Waals surface area (Å²) in [6.45, 7) is 3.50. The van der Waals surface area contributed by atoms with E-state index in [2.05, 4.69) is 6.58 Å². The molecule has 0 fully saturated rings. The average Bonchev–Trinajstić information content (AvgIpc) is 1.37. The topological polar surface area (TPSA) is 0 Å². The van der Waals surface area contributed by atoms with Crippen LogP contribution in [-0.2, 0) is 24.7 Å². The van der Waals surface area contributed by atoms with Crippen LogP contribution in [0.2, 0.25) is 4.13 Å². The van der Waals surface area contributed by atoms with Gasteiger partial charge in [0.05, 0.1) is 0 Å². The second-order valence-corrected chi connectivity index (χ2v) is 1.50. The van der Waals surface area contributed by atoms with Crippen LogP contribution in [0.15, 0.2) is 12.7 Å². The number of halogens is 2. The van der Waals surface area contributed by atoms with Crippen molar-refractivity contribution in [3.8, 4) is 0 Å². The second kappa shape index (κ2) is 26.1. The Hall–Kier alpha value is 1.42. The van der Waals surface area contributed by atoms with E-state index in [9.17, 15) is 0 Å². The van der Waals surface area contributed by atoms with Gasteiger partial charge in [-0.2, -0.15) is 0 Å². The SMILES string of the molecule is C=C[CH2][Zr+2].[Cl-].[Cl-].[SiH4]. The van der Waals surface area contributed by atoms with E-state index in [-0.39, 0.29) is 35.8 Å². The van der Waals surface area contributed by atoms with Gasteiger partial charge >= 0.3 is 41.5 Å². The van der Waals surface area contributed by atoms with Gasteiger partial charge in [-0.15, -0.1) is 0 Å². The molecule has 0 aliphatic heterocycles. The van der Waals surface area contributed by atoms with Crippen molar-refractivity contribution in [1.29, 1.82) is 0 Å². The predicted molar refractivity (Wildman–Crippen MR) is 26.3 cm³/mol. The van der Waals surface area contributed by atoms with Crippen LogP contribution in [0.3, 0.4) is 0 Å². The average molecular weight is 235 g/mol. The third-order valence-corrected chi connectivity index (χ3v) is 0.854. The molecule has 0 heterocycles. The molecule has 0 spiro atoms. The molecule has 43 valence electrons. The summed E-state index contributed by atoms with van der Waals surface area (Å²) in [6.07, 6.45) is 1.92. The molecule has 0 aromatic carbocycles. The van der Waals surface area contributed by atoms with Crippen molar-refractivity contribution in [3.05, 3.63) is 12.7 Å². The van der Waals surface area contributed by atoms with Crippen molar-refractivity contribution in [2.45, 2.75) is 4.13 Å². The van der Waals surface area contributed by atoms with Crippen molar-refractivity contribution in [2.75, 3.05) is 0 Å². The van der Waals surface area contributed by atoms with Crippen LogP contribution in [-0.4, -0.2) is 11.0 Å². The summed E-state index contributed by atoms with van der Waals surface area (Å²) in [5.74, 6) is 0. The maximum absolute atomic E-state index is 3.50. The third-order valence-electron chi connectivity index (χ3n) is 0.144. The van der Waals surface area contributed by atoms with Crippen LogP contribution in [0.5, 0.6) is 0 Å². The van der Waals surface area contributed by atoms with E-state index in [4.69, 9.17) is 0 Å². The number of rotatable bonds is 1. The molecular weight excluding hydrogens is 226 g/mol. The summed E-state index contributed by atoms with van der Waals surface area (Å²) < 4.78 is 1.17. The van der Waals surface area contributed by atoms with Crippen molar-refractivity contribution < 1.29 is 49.5 Å². The molecule has 0 atom stereocenters. The van der Waals surface area contributed by atoms with Crippen molar-refractivity contribution in [1.82, 2.24) is 0 Å². The molecule has 0 aromatic heterocycles. The van der Waals surface area contributed by atoms with Gasteiger partial charge < -0.3 is 24.8 Å². The molecule has 0 bridgehead atoms. The van der Waals surface area contributed by atoms with Gasteiger partial charge in [0, 0.05) is 0 Å². The summed E-state index contributed by atoms with van der Waals surface area (Å²) in [5.41, 5.74) is 0. The van der Waals surface area contributed by atoms with Crippen LogP contribution in [0.1, 0.15) is 0 Å². The molecule has 0 unspecified atom stereocenters. The molecule has 0 rings (SSSR count). The Morgan fingerprint density at radius 1 is 1.43 bits per heavy atom. The monoisotopic (exact) mass is 233 g/mol. The molecule has 0 saturated carbocycles. The molecule has 0 N–H and O–H groups in total. The normalized spacial score (nSPS) is 3.71. The van der Waals surface area contributed by atoms with E-state index in [1.807, 2.05) is 6.08 Å². The first kappa shape index (κ1) is 23.7. The minimum Gasteiger partial charge on any atom is -1.00 e. The van der Waals surface area contributed by atoms with Crippen molar-refractivity contribution in [3.63, 3.8) is 0 Å². The zero-order valence-corrected chi connectivity index (χ0v) is 7.22. The molecule has 7 heavy (non-hydrogen) atoms. The maximum atomic E-state index is 3.50. The van der Waals surface area contributed by atoms with Crippen LogP contribution >= 0.6 is 0 Å². The number of hydrogen-bond donors (Lipinski definition) is 0. The quantitative estimate of drug-likeness (QED) is 0.313. The Morgan fingerprint density at radius 3 is 1.57 bits per heavy atom. The van der Waals surface area contributed by atoms with E-state index >= 15 is 0 Å². The third kappa shape index (κ3) is 37.2. The minimum absolute atomic E-state index is 0. The smallest absolute Gasteiger partial charge is 0.0149 e. The summed E-state index contributed by atoms with van der Waals surface area (Å²) in [6, 6.07) is 0. The Labute approximate surface area is 76.8 Å². The first-order valence-corrected chi connectivity index (χ1v) is 2.91. The van der Waals surface area contributed by atoms with Crippen LogP contribution in [0, 0.1) is 0 Å². The van der Waals surface area contributed by atoms with E-state index in [0.717, 1.165) is 0 Å². The van der Waals surface area contributed by atoms with Crippen molar-refractivity contribution in [2.24, 2.45) is 0 Å². The van der Waals surface area contributed by atoms with Gasteiger partial charge in [0.25, 0.3) is 0 Å². The second-order valence-electron chi connectivity index (χ2n) is 0.493. The zero-order valence-electron chi connectivity index (χ0n) is 3.25. The van der Waals surface area contributed by atoms with E-state index in [1.165, 1.54) is 4.13 Å². The fraction of sp³-hybridized carbons (Fsp3) is 0.333. The van der Waals surface area contributed by atoms with Gasteiger partial charge in [0.1, 0.15) is 0 Å². The van der Waals surface area contributed by atoms with E-state index in [1.54, 1.807) is 24.7 Å².